The largest absolute Gasteiger partial charge is 0.313 e. The first-order chi connectivity index (χ1) is 9.86. The predicted molar refractivity (Wildman–Crippen MR) is 82.4 cm³/mol. The van der Waals surface area contributed by atoms with Gasteiger partial charge >= 0.3 is 0 Å². The number of pyridine rings is 2. The van der Waals surface area contributed by atoms with E-state index in [1.165, 1.54) is 5.56 Å². The Labute approximate surface area is 118 Å². The van der Waals surface area contributed by atoms with Crippen LogP contribution in [-0.2, 0) is 6.54 Å². The van der Waals surface area contributed by atoms with Crippen LogP contribution in [0.3, 0.4) is 0 Å². The first-order valence-electron chi connectivity index (χ1n) is 6.86. The Morgan fingerprint density at radius 1 is 1.05 bits per heavy atom. The molecule has 0 saturated carbocycles. The molecule has 0 amide bonds. The van der Waals surface area contributed by atoms with E-state index in [9.17, 15) is 0 Å². The van der Waals surface area contributed by atoms with Gasteiger partial charge in [0.05, 0.1) is 5.52 Å². The van der Waals surface area contributed by atoms with Gasteiger partial charge in [0, 0.05) is 36.1 Å². The average Bonchev–Trinajstić information content (AvgIpc) is 2.53. The van der Waals surface area contributed by atoms with E-state index in [2.05, 4.69) is 52.5 Å². The van der Waals surface area contributed by atoms with Gasteiger partial charge in [-0.25, -0.2) is 0 Å². The van der Waals surface area contributed by atoms with E-state index in [0.29, 0.717) is 0 Å². The molecule has 0 bridgehead atoms. The highest BCUT2D eigenvalue weighted by Gasteiger charge is 2.02. The molecule has 3 rings (SSSR count). The van der Waals surface area contributed by atoms with Gasteiger partial charge in [-0.3, -0.25) is 9.97 Å². The molecule has 3 nitrogen and oxygen atoms in total. The van der Waals surface area contributed by atoms with Crippen molar-refractivity contribution < 1.29 is 0 Å². The molecule has 0 aliphatic heterocycles. The van der Waals surface area contributed by atoms with Crippen molar-refractivity contribution in [1.29, 1.82) is 0 Å². The molecule has 3 heteroatoms. The molecule has 0 aliphatic carbocycles. The van der Waals surface area contributed by atoms with Crippen molar-refractivity contribution in [3.8, 4) is 11.1 Å². The Bertz CT molecular complexity index is 722. The number of hydrogen-bond acceptors (Lipinski definition) is 3. The van der Waals surface area contributed by atoms with Gasteiger partial charge in [0.1, 0.15) is 0 Å². The topological polar surface area (TPSA) is 37.8 Å². The lowest BCUT2D eigenvalue weighted by Gasteiger charge is -2.06. The molecule has 3 aromatic rings. The molecule has 0 radical (unpaired) electrons. The lowest BCUT2D eigenvalue weighted by molar-refractivity contribution is 0.724. The highest BCUT2D eigenvalue weighted by Crippen LogP contribution is 2.23. The maximum absolute atomic E-state index is 4.41. The van der Waals surface area contributed by atoms with Crippen LogP contribution in [0, 0.1) is 0 Å². The number of nitrogens with zero attached hydrogens (tertiary/aromatic N) is 2. The van der Waals surface area contributed by atoms with Gasteiger partial charge in [0.15, 0.2) is 0 Å². The lowest BCUT2D eigenvalue weighted by Crippen LogP contribution is -2.11. The zero-order valence-corrected chi connectivity index (χ0v) is 11.5. The predicted octanol–water partition coefficient (Wildman–Crippen LogP) is 3.41. The molecule has 20 heavy (non-hydrogen) atoms. The SMILES string of the molecule is CCNCc1cncc(-c2ccc3cccnc3c2)c1. The molecule has 0 fully saturated rings. The van der Waals surface area contributed by atoms with Crippen molar-refractivity contribution in [2.24, 2.45) is 0 Å². The minimum absolute atomic E-state index is 0.850. The maximum Gasteiger partial charge on any atom is 0.0708 e. The first kappa shape index (κ1) is 12.8. The van der Waals surface area contributed by atoms with Crippen LogP contribution >= 0.6 is 0 Å². The van der Waals surface area contributed by atoms with E-state index in [4.69, 9.17) is 0 Å². The molecule has 0 spiro atoms. The number of benzene rings is 1. The number of nitrogens with one attached hydrogen (secondary N) is 1. The zero-order valence-electron chi connectivity index (χ0n) is 11.5. The second-order valence-electron chi connectivity index (χ2n) is 4.77. The van der Waals surface area contributed by atoms with E-state index in [1.54, 1.807) is 0 Å². The van der Waals surface area contributed by atoms with Crippen LogP contribution in [0.25, 0.3) is 22.0 Å². The van der Waals surface area contributed by atoms with Crippen molar-refractivity contribution in [2.75, 3.05) is 6.54 Å². The highest BCUT2D eigenvalue weighted by molar-refractivity contribution is 5.83. The average molecular weight is 263 g/mol. The highest BCUT2D eigenvalue weighted by atomic mass is 14.8. The van der Waals surface area contributed by atoms with Crippen LogP contribution in [0.2, 0.25) is 0 Å². The Hall–Kier alpha value is -2.26. The van der Waals surface area contributed by atoms with Gasteiger partial charge in [0.25, 0.3) is 0 Å². The van der Waals surface area contributed by atoms with E-state index in [-0.39, 0.29) is 0 Å². The molecule has 0 atom stereocenters. The normalized spacial score (nSPS) is 10.8. The Balaban J connectivity index is 1.97. The van der Waals surface area contributed by atoms with Crippen LogP contribution in [0.4, 0.5) is 0 Å². The second-order valence-corrected chi connectivity index (χ2v) is 4.77. The van der Waals surface area contributed by atoms with Crippen molar-refractivity contribution in [3.63, 3.8) is 0 Å². The van der Waals surface area contributed by atoms with E-state index in [0.717, 1.165) is 35.1 Å². The molecule has 0 saturated heterocycles. The summed E-state index contributed by atoms with van der Waals surface area (Å²) in [5, 5.41) is 4.48. The van der Waals surface area contributed by atoms with E-state index >= 15 is 0 Å². The van der Waals surface area contributed by atoms with Gasteiger partial charge in [-0.1, -0.05) is 25.1 Å². The maximum atomic E-state index is 4.41. The van der Waals surface area contributed by atoms with Crippen LogP contribution in [-0.4, -0.2) is 16.5 Å². The summed E-state index contributed by atoms with van der Waals surface area (Å²) >= 11 is 0. The molecule has 100 valence electrons. The fourth-order valence-corrected chi connectivity index (χ4v) is 2.26. The molecular weight excluding hydrogens is 246 g/mol. The van der Waals surface area contributed by atoms with Crippen molar-refractivity contribution >= 4 is 10.9 Å². The minimum Gasteiger partial charge on any atom is -0.313 e. The molecular formula is C17H17N3. The summed E-state index contributed by atoms with van der Waals surface area (Å²) in [5.41, 5.74) is 4.50. The summed E-state index contributed by atoms with van der Waals surface area (Å²) in [7, 11) is 0. The van der Waals surface area contributed by atoms with E-state index in [1.807, 2.05) is 24.7 Å². The Kier molecular flexibility index (Phi) is 3.70. The summed E-state index contributed by atoms with van der Waals surface area (Å²) in [4.78, 5) is 8.74. The van der Waals surface area contributed by atoms with Crippen LogP contribution in [0.1, 0.15) is 12.5 Å². The molecule has 2 aromatic heterocycles. The molecule has 1 aromatic carbocycles. The summed E-state index contributed by atoms with van der Waals surface area (Å²) in [6, 6.07) is 12.6. The van der Waals surface area contributed by atoms with Gasteiger partial charge in [0.2, 0.25) is 0 Å². The third-order valence-corrected chi connectivity index (χ3v) is 3.31. The molecule has 1 N–H and O–H groups in total. The van der Waals surface area contributed by atoms with Gasteiger partial charge < -0.3 is 5.32 Å². The van der Waals surface area contributed by atoms with Crippen molar-refractivity contribution in [1.82, 2.24) is 15.3 Å². The van der Waals surface area contributed by atoms with Crippen molar-refractivity contribution in [3.05, 3.63) is 60.6 Å². The molecule has 2 heterocycles. The standard InChI is InChI=1S/C17H17N3/c1-2-18-10-13-8-16(12-19-11-13)15-6-5-14-4-3-7-20-17(14)9-15/h3-9,11-12,18H,2,10H2,1H3. The fraction of sp³-hybridized carbons (Fsp3) is 0.176. The fourth-order valence-electron chi connectivity index (χ4n) is 2.26. The summed E-state index contributed by atoms with van der Waals surface area (Å²) in [6.07, 6.45) is 5.64. The molecule has 0 unspecified atom stereocenters. The third-order valence-electron chi connectivity index (χ3n) is 3.31. The Morgan fingerprint density at radius 3 is 2.90 bits per heavy atom. The van der Waals surface area contributed by atoms with Crippen LogP contribution in [0.15, 0.2) is 55.0 Å². The van der Waals surface area contributed by atoms with Gasteiger partial charge in [-0.15, -0.1) is 0 Å². The number of rotatable bonds is 4. The van der Waals surface area contributed by atoms with Gasteiger partial charge in [-0.05, 0) is 35.9 Å². The smallest absolute Gasteiger partial charge is 0.0708 e. The van der Waals surface area contributed by atoms with Crippen molar-refractivity contribution in [2.45, 2.75) is 13.5 Å². The third kappa shape index (κ3) is 2.68. The van der Waals surface area contributed by atoms with E-state index < -0.39 is 0 Å². The second kappa shape index (κ2) is 5.80. The minimum atomic E-state index is 0.850. The Morgan fingerprint density at radius 2 is 2.00 bits per heavy atom. The molecule has 0 aliphatic rings. The number of hydrogen-bond donors (Lipinski definition) is 1. The first-order valence-corrected chi connectivity index (χ1v) is 6.86. The summed E-state index contributed by atoms with van der Waals surface area (Å²) in [5.74, 6) is 0. The lowest BCUT2D eigenvalue weighted by atomic mass is 10.0. The summed E-state index contributed by atoms with van der Waals surface area (Å²) in [6.45, 7) is 3.92. The monoisotopic (exact) mass is 263 g/mol. The zero-order chi connectivity index (χ0) is 13.8. The summed E-state index contributed by atoms with van der Waals surface area (Å²) < 4.78 is 0. The van der Waals surface area contributed by atoms with Crippen LogP contribution < -0.4 is 5.32 Å². The van der Waals surface area contributed by atoms with Crippen LogP contribution in [0.5, 0.6) is 0 Å². The van der Waals surface area contributed by atoms with Gasteiger partial charge in [-0.2, -0.15) is 0 Å². The number of fused-ring (bicyclic) bond motifs is 1. The quantitative estimate of drug-likeness (QED) is 0.784. The number of aromatic nitrogens is 2.